The minimum absolute atomic E-state index is 0.117. The lowest BCUT2D eigenvalue weighted by atomic mass is 10.1. The number of nitrogens with zero attached hydrogens (tertiary/aromatic N) is 1. The van der Waals surface area contributed by atoms with E-state index >= 15 is 0 Å². The van der Waals surface area contributed by atoms with E-state index in [2.05, 4.69) is 15.6 Å². The van der Waals surface area contributed by atoms with Gasteiger partial charge in [-0.1, -0.05) is 18.2 Å². The highest BCUT2D eigenvalue weighted by molar-refractivity contribution is 5.90. The fourth-order valence-corrected chi connectivity index (χ4v) is 2.29. The highest BCUT2D eigenvalue weighted by Crippen LogP contribution is 2.34. The second-order valence-electron chi connectivity index (χ2n) is 5.38. The van der Waals surface area contributed by atoms with Gasteiger partial charge in [0.2, 0.25) is 0 Å². The molecule has 0 bridgehead atoms. The molecule has 2 aromatic heterocycles. The Kier molecular flexibility index (Phi) is 4.92. The third kappa shape index (κ3) is 4.21. The topological polar surface area (TPSA) is 67.2 Å². The van der Waals surface area contributed by atoms with Gasteiger partial charge < -0.3 is 15.1 Å². The molecular weight excluding hydrogens is 347 g/mol. The summed E-state index contributed by atoms with van der Waals surface area (Å²) in [5.41, 5.74) is 0.130. The lowest BCUT2D eigenvalue weighted by molar-refractivity contribution is -0.136. The summed E-state index contributed by atoms with van der Waals surface area (Å²) >= 11 is 0. The van der Waals surface area contributed by atoms with Gasteiger partial charge in [0.05, 0.1) is 17.5 Å². The molecule has 2 amide bonds. The molecule has 0 aliphatic rings. The molecule has 0 atom stereocenters. The predicted molar refractivity (Wildman–Crippen MR) is 89.2 cm³/mol. The van der Waals surface area contributed by atoms with Crippen molar-refractivity contribution in [3.05, 3.63) is 72.1 Å². The number of furan rings is 1. The number of hydrogen-bond acceptors (Lipinski definition) is 3. The number of aromatic nitrogens is 1. The number of amides is 2. The van der Waals surface area contributed by atoms with Crippen LogP contribution in [0.2, 0.25) is 0 Å². The Morgan fingerprint density at radius 3 is 2.54 bits per heavy atom. The standard InChI is InChI=1S/C18H14F3N3O2/c19-18(20,21)13-4-1-2-5-14(13)24-17(25)23-11-12-7-8-15(22-10-12)16-6-3-9-26-16/h1-10H,11H2,(H2,23,24,25). The fraction of sp³-hybridized carbons (Fsp3) is 0.111. The van der Waals surface area contributed by atoms with Gasteiger partial charge in [0.15, 0.2) is 5.76 Å². The molecule has 0 aliphatic heterocycles. The maximum atomic E-state index is 12.9. The van der Waals surface area contributed by atoms with Crippen molar-refractivity contribution in [1.29, 1.82) is 0 Å². The van der Waals surface area contributed by atoms with Crippen LogP contribution in [0.15, 0.2) is 65.4 Å². The van der Waals surface area contributed by atoms with E-state index < -0.39 is 17.8 Å². The first-order valence-corrected chi connectivity index (χ1v) is 7.63. The van der Waals surface area contributed by atoms with E-state index in [1.54, 1.807) is 30.5 Å². The maximum absolute atomic E-state index is 12.9. The smallest absolute Gasteiger partial charge is 0.418 e. The number of urea groups is 1. The summed E-state index contributed by atoms with van der Waals surface area (Å²) in [5.74, 6) is 0.617. The molecule has 0 saturated heterocycles. The van der Waals surface area contributed by atoms with Crippen molar-refractivity contribution in [2.75, 3.05) is 5.32 Å². The molecule has 2 N–H and O–H groups in total. The van der Waals surface area contributed by atoms with Gasteiger partial charge in [-0.05, 0) is 35.9 Å². The third-order valence-corrected chi connectivity index (χ3v) is 3.53. The molecule has 0 spiro atoms. The normalized spacial score (nSPS) is 11.2. The van der Waals surface area contributed by atoms with Gasteiger partial charge in [-0.15, -0.1) is 0 Å². The highest BCUT2D eigenvalue weighted by atomic mass is 19.4. The molecular formula is C18H14F3N3O2. The quantitative estimate of drug-likeness (QED) is 0.709. The Morgan fingerprint density at radius 2 is 1.88 bits per heavy atom. The van der Waals surface area contributed by atoms with E-state index in [4.69, 9.17) is 4.42 Å². The molecule has 26 heavy (non-hydrogen) atoms. The number of nitrogens with one attached hydrogen (secondary N) is 2. The second kappa shape index (κ2) is 7.30. The van der Waals surface area contributed by atoms with E-state index in [9.17, 15) is 18.0 Å². The fourth-order valence-electron chi connectivity index (χ4n) is 2.29. The van der Waals surface area contributed by atoms with E-state index in [0.29, 0.717) is 17.0 Å². The molecule has 134 valence electrons. The number of halogens is 3. The van der Waals surface area contributed by atoms with Gasteiger partial charge in [0.25, 0.3) is 0 Å². The zero-order valence-corrected chi connectivity index (χ0v) is 13.4. The molecule has 5 nitrogen and oxygen atoms in total. The van der Waals surface area contributed by atoms with Crippen LogP contribution in [-0.4, -0.2) is 11.0 Å². The average molecular weight is 361 g/mol. The van der Waals surface area contributed by atoms with Crippen LogP contribution in [0.5, 0.6) is 0 Å². The molecule has 0 radical (unpaired) electrons. The number of anilines is 1. The molecule has 8 heteroatoms. The number of para-hydroxylation sites is 1. The lowest BCUT2D eigenvalue weighted by Crippen LogP contribution is -2.29. The van der Waals surface area contributed by atoms with Crippen molar-refractivity contribution < 1.29 is 22.4 Å². The largest absolute Gasteiger partial charge is 0.463 e. The van der Waals surface area contributed by atoms with Crippen molar-refractivity contribution in [3.63, 3.8) is 0 Å². The zero-order valence-electron chi connectivity index (χ0n) is 13.4. The van der Waals surface area contributed by atoms with Crippen LogP contribution >= 0.6 is 0 Å². The van der Waals surface area contributed by atoms with Crippen molar-refractivity contribution in [2.45, 2.75) is 12.7 Å². The van der Waals surface area contributed by atoms with E-state index in [-0.39, 0.29) is 12.2 Å². The van der Waals surface area contributed by atoms with E-state index in [1.807, 2.05) is 0 Å². The molecule has 2 heterocycles. The van der Waals surface area contributed by atoms with Crippen molar-refractivity contribution in [1.82, 2.24) is 10.3 Å². The van der Waals surface area contributed by atoms with Crippen molar-refractivity contribution >= 4 is 11.7 Å². The monoisotopic (exact) mass is 361 g/mol. The third-order valence-electron chi connectivity index (χ3n) is 3.53. The van der Waals surface area contributed by atoms with Crippen LogP contribution in [0.4, 0.5) is 23.7 Å². The summed E-state index contributed by atoms with van der Waals surface area (Å²) in [6, 6.07) is 11.0. The first kappa shape index (κ1) is 17.5. The molecule has 1 aromatic carbocycles. The number of hydrogen-bond donors (Lipinski definition) is 2. The van der Waals surface area contributed by atoms with Gasteiger partial charge in [-0.3, -0.25) is 4.98 Å². The van der Waals surface area contributed by atoms with Crippen molar-refractivity contribution in [2.24, 2.45) is 0 Å². The van der Waals surface area contributed by atoms with Crippen LogP contribution in [0.1, 0.15) is 11.1 Å². The summed E-state index contributed by atoms with van der Waals surface area (Å²) in [6.07, 6.45) is -1.45. The lowest BCUT2D eigenvalue weighted by Gasteiger charge is -2.14. The first-order chi connectivity index (χ1) is 12.4. The highest BCUT2D eigenvalue weighted by Gasteiger charge is 2.33. The second-order valence-corrected chi connectivity index (χ2v) is 5.38. The molecule has 0 aliphatic carbocycles. The zero-order chi connectivity index (χ0) is 18.6. The minimum Gasteiger partial charge on any atom is -0.463 e. The number of alkyl halides is 3. The first-order valence-electron chi connectivity index (χ1n) is 7.63. The Hall–Kier alpha value is -3.29. The number of rotatable bonds is 4. The van der Waals surface area contributed by atoms with Gasteiger partial charge in [-0.25, -0.2) is 4.79 Å². The van der Waals surface area contributed by atoms with Gasteiger partial charge in [0.1, 0.15) is 5.69 Å². The summed E-state index contributed by atoms with van der Waals surface area (Å²) < 4.78 is 44.0. The summed E-state index contributed by atoms with van der Waals surface area (Å²) in [6.45, 7) is 0.117. The Morgan fingerprint density at radius 1 is 1.08 bits per heavy atom. The van der Waals surface area contributed by atoms with Crippen LogP contribution < -0.4 is 10.6 Å². The van der Waals surface area contributed by atoms with Crippen molar-refractivity contribution in [3.8, 4) is 11.5 Å². The Labute approximate surface area is 146 Å². The Bertz CT molecular complexity index is 875. The van der Waals surface area contributed by atoms with Crippen LogP contribution in [0.3, 0.4) is 0 Å². The number of carbonyl (C=O) groups is 1. The van der Waals surface area contributed by atoms with Gasteiger partial charge >= 0.3 is 12.2 Å². The summed E-state index contributed by atoms with van der Waals surface area (Å²) in [7, 11) is 0. The molecule has 3 rings (SSSR count). The number of benzene rings is 1. The molecule has 0 unspecified atom stereocenters. The SMILES string of the molecule is O=C(NCc1ccc(-c2ccco2)nc1)Nc1ccccc1C(F)(F)F. The van der Waals surface area contributed by atoms with Crippen LogP contribution in [0.25, 0.3) is 11.5 Å². The summed E-state index contributed by atoms with van der Waals surface area (Å²) in [5, 5.41) is 4.72. The predicted octanol–water partition coefficient (Wildman–Crippen LogP) is 4.68. The number of carbonyl (C=O) groups excluding carboxylic acids is 1. The Balaban J connectivity index is 1.60. The van der Waals surface area contributed by atoms with Crippen LogP contribution in [-0.2, 0) is 12.7 Å². The van der Waals surface area contributed by atoms with E-state index in [1.165, 1.54) is 24.5 Å². The molecule has 3 aromatic rings. The average Bonchev–Trinajstić information content (AvgIpc) is 3.15. The minimum atomic E-state index is -4.55. The summed E-state index contributed by atoms with van der Waals surface area (Å²) in [4.78, 5) is 16.1. The van der Waals surface area contributed by atoms with Gasteiger partial charge in [-0.2, -0.15) is 13.2 Å². The maximum Gasteiger partial charge on any atom is 0.418 e. The van der Waals surface area contributed by atoms with E-state index in [0.717, 1.165) is 6.07 Å². The number of pyridine rings is 1. The van der Waals surface area contributed by atoms with Crippen LogP contribution in [0, 0.1) is 0 Å². The molecule has 0 fully saturated rings. The molecule has 0 saturated carbocycles. The van der Waals surface area contributed by atoms with Gasteiger partial charge in [0, 0.05) is 12.7 Å².